The Labute approximate surface area is 141 Å². The number of unbranched alkanes of at least 4 members (excludes halogenated alkanes) is 3. The van der Waals surface area contributed by atoms with E-state index in [9.17, 15) is 4.79 Å². The Kier molecular flexibility index (Phi) is 6.09. The minimum absolute atomic E-state index is 0.162. The molecule has 1 aromatic carbocycles. The van der Waals surface area contributed by atoms with Crippen molar-refractivity contribution in [2.75, 3.05) is 6.54 Å². The standard InChI is InChI=1S/C20H31NO2/c1-5-6-7-11-14-18-17(16-12-9-8-10-13-16)15-21(18)19(22)23-20(2,3)4/h8-10,12-13,17-18H,5-7,11,14-15H2,1-4H3/t17-,18-/m1/s1. The number of hydrogen-bond acceptors (Lipinski definition) is 2. The van der Waals surface area contributed by atoms with Crippen LogP contribution in [0.3, 0.4) is 0 Å². The van der Waals surface area contributed by atoms with Gasteiger partial charge in [-0.3, -0.25) is 0 Å². The molecule has 0 spiro atoms. The average molecular weight is 317 g/mol. The van der Waals surface area contributed by atoms with E-state index in [0.29, 0.717) is 5.92 Å². The van der Waals surface area contributed by atoms with Crippen molar-refractivity contribution in [1.29, 1.82) is 0 Å². The van der Waals surface area contributed by atoms with Gasteiger partial charge in [0.2, 0.25) is 0 Å². The molecule has 0 N–H and O–H groups in total. The molecule has 1 aliphatic rings. The lowest BCUT2D eigenvalue weighted by Crippen LogP contribution is -2.58. The van der Waals surface area contributed by atoms with E-state index in [4.69, 9.17) is 4.74 Å². The predicted octanol–water partition coefficient (Wildman–Crippen LogP) is 5.36. The van der Waals surface area contributed by atoms with Gasteiger partial charge < -0.3 is 9.64 Å². The second-order valence-electron chi connectivity index (χ2n) is 7.57. The van der Waals surface area contributed by atoms with Gasteiger partial charge in [-0.15, -0.1) is 0 Å². The Morgan fingerprint density at radius 1 is 1.17 bits per heavy atom. The first-order chi connectivity index (χ1) is 10.9. The SMILES string of the molecule is CCCCCC[C@@H]1[C@@H](c2ccccc2)CN1C(=O)OC(C)(C)C. The smallest absolute Gasteiger partial charge is 0.410 e. The Morgan fingerprint density at radius 3 is 2.48 bits per heavy atom. The molecule has 128 valence electrons. The molecule has 0 saturated carbocycles. The summed E-state index contributed by atoms with van der Waals surface area (Å²) in [6, 6.07) is 10.8. The first-order valence-electron chi connectivity index (χ1n) is 8.97. The maximum atomic E-state index is 12.4. The van der Waals surface area contributed by atoms with E-state index >= 15 is 0 Å². The molecule has 3 heteroatoms. The van der Waals surface area contributed by atoms with Crippen LogP contribution < -0.4 is 0 Å². The van der Waals surface area contributed by atoms with Crippen molar-refractivity contribution < 1.29 is 9.53 Å². The number of rotatable bonds is 6. The minimum Gasteiger partial charge on any atom is -0.444 e. The molecule has 2 atom stereocenters. The maximum absolute atomic E-state index is 12.4. The summed E-state index contributed by atoms with van der Waals surface area (Å²) in [4.78, 5) is 14.3. The molecule has 1 amide bonds. The summed E-state index contributed by atoms with van der Waals surface area (Å²) in [5.74, 6) is 0.449. The van der Waals surface area contributed by atoms with Crippen LogP contribution in [0.5, 0.6) is 0 Å². The van der Waals surface area contributed by atoms with E-state index in [1.165, 1.54) is 31.2 Å². The Balaban J connectivity index is 2.00. The van der Waals surface area contributed by atoms with Crippen LogP contribution in [-0.4, -0.2) is 29.2 Å². The second-order valence-corrected chi connectivity index (χ2v) is 7.57. The summed E-state index contributed by atoms with van der Waals surface area (Å²) in [6.07, 6.45) is 5.85. The van der Waals surface area contributed by atoms with E-state index in [1.54, 1.807) is 0 Å². The largest absolute Gasteiger partial charge is 0.444 e. The molecule has 2 rings (SSSR count). The van der Waals surface area contributed by atoms with Crippen LogP contribution in [0.1, 0.15) is 71.3 Å². The highest BCUT2D eigenvalue weighted by Crippen LogP contribution is 2.38. The fourth-order valence-corrected chi connectivity index (χ4v) is 3.24. The van der Waals surface area contributed by atoms with Gasteiger partial charge in [-0.2, -0.15) is 0 Å². The van der Waals surface area contributed by atoms with Crippen LogP contribution in [0.2, 0.25) is 0 Å². The van der Waals surface area contributed by atoms with Gasteiger partial charge >= 0.3 is 6.09 Å². The predicted molar refractivity (Wildman–Crippen MR) is 94.7 cm³/mol. The van der Waals surface area contributed by atoms with Crippen LogP contribution in [0.15, 0.2) is 30.3 Å². The second kappa shape index (κ2) is 7.85. The highest BCUT2D eigenvalue weighted by Gasteiger charge is 2.43. The molecule has 1 heterocycles. The van der Waals surface area contributed by atoms with E-state index in [0.717, 1.165) is 13.0 Å². The lowest BCUT2D eigenvalue weighted by molar-refractivity contribution is -0.0161. The van der Waals surface area contributed by atoms with Gasteiger partial charge in [0.25, 0.3) is 0 Å². The number of amides is 1. The maximum Gasteiger partial charge on any atom is 0.410 e. The van der Waals surface area contributed by atoms with Crippen LogP contribution in [0, 0.1) is 0 Å². The lowest BCUT2D eigenvalue weighted by Gasteiger charge is -2.48. The molecule has 0 bridgehead atoms. The van der Waals surface area contributed by atoms with Crippen molar-refractivity contribution in [3.63, 3.8) is 0 Å². The summed E-state index contributed by atoms with van der Waals surface area (Å²) in [6.45, 7) is 8.78. The van der Waals surface area contributed by atoms with Crippen molar-refractivity contribution in [3.8, 4) is 0 Å². The summed E-state index contributed by atoms with van der Waals surface area (Å²) in [5, 5.41) is 0. The molecule has 1 aliphatic heterocycles. The fraction of sp³-hybridized carbons (Fsp3) is 0.650. The third-order valence-electron chi connectivity index (χ3n) is 4.47. The van der Waals surface area contributed by atoms with Crippen LogP contribution in [0.25, 0.3) is 0 Å². The van der Waals surface area contributed by atoms with Crippen LogP contribution >= 0.6 is 0 Å². The molecular formula is C20H31NO2. The van der Waals surface area contributed by atoms with Crippen molar-refractivity contribution in [2.45, 2.75) is 77.4 Å². The van der Waals surface area contributed by atoms with E-state index in [1.807, 2.05) is 31.7 Å². The Bertz CT molecular complexity index is 492. The first-order valence-corrected chi connectivity index (χ1v) is 8.97. The molecular weight excluding hydrogens is 286 g/mol. The molecule has 3 nitrogen and oxygen atoms in total. The van der Waals surface area contributed by atoms with Gasteiger partial charge in [0.1, 0.15) is 5.60 Å². The monoisotopic (exact) mass is 317 g/mol. The van der Waals surface area contributed by atoms with Crippen molar-refractivity contribution >= 4 is 6.09 Å². The quantitative estimate of drug-likeness (QED) is 0.661. The van der Waals surface area contributed by atoms with Gasteiger partial charge in [-0.25, -0.2) is 4.79 Å². The lowest BCUT2D eigenvalue weighted by atomic mass is 9.80. The number of carbonyl (C=O) groups is 1. The minimum atomic E-state index is -0.429. The van der Waals surface area contributed by atoms with Crippen LogP contribution in [0.4, 0.5) is 4.79 Å². The molecule has 1 fully saturated rings. The molecule has 0 radical (unpaired) electrons. The molecule has 0 aromatic heterocycles. The Hall–Kier alpha value is -1.51. The zero-order chi connectivity index (χ0) is 16.9. The van der Waals surface area contributed by atoms with Gasteiger partial charge in [-0.1, -0.05) is 62.9 Å². The number of carbonyl (C=O) groups excluding carboxylic acids is 1. The van der Waals surface area contributed by atoms with Crippen molar-refractivity contribution in [1.82, 2.24) is 4.90 Å². The third kappa shape index (κ3) is 4.98. The van der Waals surface area contributed by atoms with E-state index in [-0.39, 0.29) is 12.1 Å². The molecule has 1 aromatic rings. The highest BCUT2D eigenvalue weighted by atomic mass is 16.6. The summed E-state index contributed by atoms with van der Waals surface area (Å²) in [5.41, 5.74) is 0.912. The van der Waals surface area contributed by atoms with Gasteiger partial charge in [0.15, 0.2) is 0 Å². The fourth-order valence-electron chi connectivity index (χ4n) is 3.24. The average Bonchev–Trinajstić information content (AvgIpc) is 2.45. The van der Waals surface area contributed by atoms with Gasteiger partial charge in [-0.05, 0) is 32.8 Å². The molecule has 0 unspecified atom stereocenters. The molecule has 0 aliphatic carbocycles. The number of nitrogens with zero attached hydrogens (tertiary/aromatic N) is 1. The number of likely N-dealkylation sites (tertiary alicyclic amines) is 1. The number of ether oxygens (including phenoxy) is 1. The normalized spacial score (nSPS) is 21.0. The number of hydrogen-bond donors (Lipinski definition) is 0. The third-order valence-corrected chi connectivity index (χ3v) is 4.47. The first kappa shape index (κ1) is 17.8. The molecule has 1 saturated heterocycles. The summed E-state index contributed by atoms with van der Waals surface area (Å²) >= 11 is 0. The topological polar surface area (TPSA) is 29.5 Å². The summed E-state index contributed by atoms with van der Waals surface area (Å²) < 4.78 is 5.57. The number of benzene rings is 1. The molecule has 23 heavy (non-hydrogen) atoms. The van der Waals surface area contributed by atoms with E-state index in [2.05, 4.69) is 31.2 Å². The zero-order valence-corrected chi connectivity index (χ0v) is 15.0. The highest BCUT2D eigenvalue weighted by molar-refractivity contribution is 5.70. The van der Waals surface area contributed by atoms with Crippen LogP contribution in [-0.2, 0) is 4.74 Å². The van der Waals surface area contributed by atoms with Gasteiger partial charge in [0, 0.05) is 18.5 Å². The summed E-state index contributed by atoms with van der Waals surface area (Å²) in [7, 11) is 0. The Morgan fingerprint density at radius 2 is 1.87 bits per heavy atom. The van der Waals surface area contributed by atoms with Gasteiger partial charge in [0.05, 0.1) is 0 Å². The van der Waals surface area contributed by atoms with Crippen molar-refractivity contribution in [3.05, 3.63) is 35.9 Å². The van der Waals surface area contributed by atoms with E-state index < -0.39 is 5.60 Å². The zero-order valence-electron chi connectivity index (χ0n) is 15.0. The van der Waals surface area contributed by atoms with Crippen molar-refractivity contribution in [2.24, 2.45) is 0 Å².